The molecule has 0 fully saturated rings. The molecule has 2 aromatic rings. The predicted octanol–water partition coefficient (Wildman–Crippen LogP) is 3.54. The molecule has 1 N–H and O–H groups in total. The van der Waals surface area contributed by atoms with Gasteiger partial charge in [0.05, 0.1) is 5.02 Å². The topological polar surface area (TPSA) is 58.6 Å². The van der Waals surface area contributed by atoms with Gasteiger partial charge < -0.3 is 15.0 Å². The minimum Gasteiger partial charge on any atom is -0.482 e. The first kappa shape index (κ1) is 20.1. The molecule has 0 aliphatic carbocycles. The molecule has 0 spiro atoms. The summed E-state index contributed by atoms with van der Waals surface area (Å²) in [6, 6.07) is 13.6. The van der Waals surface area contributed by atoms with Gasteiger partial charge in [0, 0.05) is 18.6 Å². The lowest BCUT2D eigenvalue weighted by Gasteiger charge is -2.28. The van der Waals surface area contributed by atoms with E-state index in [-0.39, 0.29) is 18.4 Å². The molecule has 2 aromatic carbocycles. The van der Waals surface area contributed by atoms with Crippen molar-refractivity contribution in [2.45, 2.75) is 19.5 Å². The highest BCUT2D eigenvalue weighted by molar-refractivity contribution is 6.35. The molecule has 0 aliphatic heterocycles. The van der Waals surface area contributed by atoms with Crippen molar-refractivity contribution < 1.29 is 14.3 Å². The number of benzene rings is 2. The fraction of sp³-hybridized carbons (Fsp3) is 0.263. The maximum Gasteiger partial charge on any atom is 0.261 e. The molecule has 138 valence electrons. The molecule has 26 heavy (non-hydrogen) atoms. The third-order valence-electron chi connectivity index (χ3n) is 3.85. The van der Waals surface area contributed by atoms with Gasteiger partial charge in [-0.2, -0.15) is 0 Å². The molecule has 5 nitrogen and oxygen atoms in total. The molecule has 2 rings (SSSR count). The van der Waals surface area contributed by atoms with Crippen molar-refractivity contribution in [3.63, 3.8) is 0 Å². The zero-order chi connectivity index (χ0) is 19.1. The van der Waals surface area contributed by atoms with Crippen molar-refractivity contribution in [1.82, 2.24) is 10.2 Å². The van der Waals surface area contributed by atoms with Crippen LogP contribution in [0.2, 0.25) is 10.0 Å². The summed E-state index contributed by atoms with van der Waals surface area (Å²) in [5, 5.41) is 3.36. The van der Waals surface area contributed by atoms with Crippen LogP contribution in [0.25, 0.3) is 0 Å². The average molecular weight is 395 g/mol. The Labute approximate surface area is 162 Å². The number of nitrogens with one attached hydrogen (secondary N) is 1. The molecule has 2 amide bonds. The van der Waals surface area contributed by atoms with Gasteiger partial charge >= 0.3 is 0 Å². The van der Waals surface area contributed by atoms with Gasteiger partial charge in [0.15, 0.2) is 6.61 Å². The Morgan fingerprint density at radius 1 is 1.15 bits per heavy atom. The smallest absolute Gasteiger partial charge is 0.261 e. The van der Waals surface area contributed by atoms with E-state index in [1.54, 1.807) is 19.1 Å². The average Bonchev–Trinajstić information content (AvgIpc) is 2.64. The molecule has 0 aliphatic rings. The molecule has 0 saturated carbocycles. The van der Waals surface area contributed by atoms with Crippen LogP contribution in [0.5, 0.6) is 5.75 Å². The molecule has 1 atom stereocenters. The van der Waals surface area contributed by atoms with Gasteiger partial charge in [-0.25, -0.2) is 0 Å². The van der Waals surface area contributed by atoms with E-state index in [4.69, 9.17) is 27.9 Å². The highest BCUT2D eigenvalue weighted by Gasteiger charge is 2.26. The van der Waals surface area contributed by atoms with E-state index in [0.29, 0.717) is 22.3 Å². The lowest BCUT2D eigenvalue weighted by atomic mass is 10.1. The summed E-state index contributed by atoms with van der Waals surface area (Å²) in [4.78, 5) is 26.2. The van der Waals surface area contributed by atoms with Crippen LogP contribution >= 0.6 is 23.2 Å². The molecule has 0 heterocycles. The van der Waals surface area contributed by atoms with Crippen LogP contribution in [0.3, 0.4) is 0 Å². The molecule has 0 saturated heterocycles. The summed E-state index contributed by atoms with van der Waals surface area (Å²) in [5.74, 6) is -0.216. The van der Waals surface area contributed by atoms with Crippen LogP contribution in [0.15, 0.2) is 48.5 Å². The number of carbonyl (C=O) groups excluding carboxylic acids is 2. The van der Waals surface area contributed by atoms with Crippen molar-refractivity contribution in [3.05, 3.63) is 64.1 Å². The molecule has 0 aromatic heterocycles. The van der Waals surface area contributed by atoms with Crippen LogP contribution < -0.4 is 10.1 Å². The summed E-state index contributed by atoms with van der Waals surface area (Å²) in [6.45, 7) is 1.73. The molecular weight excluding hydrogens is 375 g/mol. The Morgan fingerprint density at radius 3 is 2.46 bits per heavy atom. The number of nitrogens with zero attached hydrogens (tertiary/aromatic N) is 1. The van der Waals surface area contributed by atoms with E-state index in [1.165, 1.54) is 18.0 Å². The Hall–Kier alpha value is -2.24. The molecule has 0 bridgehead atoms. The number of halogens is 2. The zero-order valence-corrected chi connectivity index (χ0v) is 16.1. The van der Waals surface area contributed by atoms with E-state index in [9.17, 15) is 9.59 Å². The van der Waals surface area contributed by atoms with Crippen molar-refractivity contribution in [1.29, 1.82) is 0 Å². The molecule has 1 unspecified atom stereocenters. The number of hydrogen-bond acceptors (Lipinski definition) is 3. The van der Waals surface area contributed by atoms with Crippen molar-refractivity contribution in [3.8, 4) is 5.75 Å². The maximum atomic E-state index is 12.7. The van der Waals surface area contributed by atoms with Crippen molar-refractivity contribution in [2.24, 2.45) is 0 Å². The quantitative estimate of drug-likeness (QED) is 0.780. The van der Waals surface area contributed by atoms with Gasteiger partial charge in [-0.3, -0.25) is 9.59 Å². The van der Waals surface area contributed by atoms with Gasteiger partial charge in [0.2, 0.25) is 5.91 Å². The minimum absolute atomic E-state index is 0.241. The maximum absolute atomic E-state index is 12.7. The summed E-state index contributed by atoms with van der Waals surface area (Å²) < 4.78 is 5.52. The first-order valence-electron chi connectivity index (χ1n) is 8.05. The number of rotatable bonds is 7. The monoisotopic (exact) mass is 394 g/mol. The zero-order valence-electron chi connectivity index (χ0n) is 14.5. The van der Waals surface area contributed by atoms with Crippen LogP contribution in [0, 0.1) is 0 Å². The largest absolute Gasteiger partial charge is 0.482 e. The van der Waals surface area contributed by atoms with Crippen molar-refractivity contribution >= 4 is 35.0 Å². The Balaban J connectivity index is 2.12. The Kier molecular flexibility index (Phi) is 7.30. The van der Waals surface area contributed by atoms with Gasteiger partial charge in [-0.1, -0.05) is 53.5 Å². The number of amides is 2. The van der Waals surface area contributed by atoms with Crippen LogP contribution in [-0.4, -0.2) is 36.4 Å². The second-order valence-corrected chi connectivity index (χ2v) is 6.50. The minimum atomic E-state index is -0.642. The third kappa shape index (κ3) is 5.38. The highest BCUT2D eigenvalue weighted by atomic mass is 35.5. The number of carbonyl (C=O) groups is 2. The number of ether oxygens (including phenoxy) is 1. The second-order valence-electron chi connectivity index (χ2n) is 5.66. The fourth-order valence-corrected chi connectivity index (χ4v) is 2.85. The van der Waals surface area contributed by atoms with Gasteiger partial charge in [0.1, 0.15) is 11.8 Å². The predicted molar refractivity (Wildman–Crippen MR) is 102 cm³/mol. The van der Waals surface area contributed by atoms with Gasteiger partial charge in [0.25, 0.3) is 5.91 Å². The Bertz CT molecular complexity index is 769. The first-order valence-corrected chi connectivity index (χ1v) is 8.80. The summed E-state index contributed by atoms with van der Waals surface area (Å²) in [7, 11) is 1.54. The van der Waals surface area contributed by atoms with E-state index >= 15 is 0 Å². The lowest BCUT2D eigenvalue weighted by molar-refractivity contribution is -0.142. The standard InChI is InChI=1S/C19H20Cl2N2O3/c1-13(19(25)22-2)23(11-14-6-4-3-5-7-14)18(24)12-26-17-9-8-15(20)10-16(17)21/h3-10,13H,11-12H2,1-2H3,(H,22,25). The Morgan fingerprint density at radius 2 is 1.85 bits per heavy atom. The van der Waals surface area contributed by atoms with E-state index in [1.807, 2.05) is 30.3 Å². The van der Waals surface area contributed by atoms with Gasteiger partial charge in [-0.15, -0.1) is 0 Å². The molecular formula is C19H20Cl2N2O3. The number of likely N-dealkylation sites (N-methyl/N-ethyl adjacent to an activating group) is 1. The highest BCUT2D eigenvalue weighted by Crippen LogP contribution is 2.27. The summed E-state index contributed by atoms with van der Waals surface area (Å²) in [6.07, 6.45) is 0. The van der Waals surface area contributed by atoms with E-state index in [2.05, 4.69) is 5.32 Å². The van der Waals surface area contributed by atoms with E-state index < -0.39 is 6.04 Å². The normalized spacial score (nSPS) is 11.5. The molecule has 0 radical (unpaired) electrons. The lowest BCUT2D eigenvalue weighted by Crippen LogP contribution is -2.48. The van der Waals surface area contributed by atoms with Crippen molar-refractivity contribution in [2.75, 3.05) is 13.7 Å². The number of hydrogen-bond donors (Lipinski definition) is 1. The fourth-order valence-electron chi connectivity index (χ4n) is 2.39. The van der Waals surface area contributed by atoms with E-state index in [0.717, 1.165) is 5.56 Å². The van der Waals surface area contributed by atoms with Crippen LogP contribution in [-0.2, 0) is 16.1 Å². The SMILES string of the molecule is CNC(=O)C(C)N(Cc1ccccc1)C(=O)COc1ccc(Cl)cc1Cl. The molecule has 7 heteroatoms. The first-order chi connectivity index (χ1) is 12.4. The second kappa shape index (κ2) is 9.46. The van der Waals surface area contributed by atoms with Crippen LogP contribution in [0.4, 0.5) is 0 Å². The summed E-state index contributed by atoms with van der Waals surface area (Å²) in [5.41, 5.74) is 0.918. The van der Waals surface area contributed by atoms with Gasteiger partial charge in [-0.05, 0) is 30.7 Å². The third-order valence-corrected chi connectivity index (χ3v) is 4.38. The van der Waals surface area contributed by atoms with Crippen LogP contribution in [0.1, 0.15) is 12.5 Å². The summed E-state index contributed by atoms with van der Waals surface area (Å²) >= 11 is 11.9.